The molecule has 0 aliphatic carbocycles. The van der Waals surface area contributed by atoms with Crippen molar-refractivity contribution in [3.63, 3.8) is 0 Å². The number of nitrogens with zero attached hydrogens (tertiary/aromatic N) is 2. The molecule has 22 heavy (non-hydrogen) atoms. The Morgan fingerprint density at radius 1 is 1.32 bits per heavy atom. The first-order chi connectivity index (χ1) is 10.4. The van der Waals surface area contributed by atoms with Crippen molar-refractivity contribution in [2.24, 2.45) is 0 Å². The molecule has 0 aliphatic rings. The highest BCUT2D eigenvalue weighted by Crippen LogP contribution is 2.36. The van der Waals surface area contributed by atoms with Crippen LogP contribution in [-0.2, 0) is 15.0 Å². The maximum atomic E-state index is 12.1. The summed E-state index contributed by atoms with van der Waals surface area (Å²) in [5.41, 5.74) is 0.957. The lowest BCUT2D eigenvalue weighted by atomic mass is 10.0. The van der Waals surface area contributed by atoms with Crippen molar-refractivity contribution in [2.45, 2.75) is 23.1 Å². The van der Waals surface area contributed by atoms with E-state index in [-0.39, 0.29) is 17.7 Å². The Bertz CT molecular complexity index is 626. The summed E-state index contributed by atoms with van der Waals surface area (Å²) >= 11 is 16.9. The Kier molecular flexibility index (Phi) is 5.67. The van der Waals surface area contributed by atoms with Gasteiger partial charge in [0.15, 0.2) is 5.82 Å². The molecule has 1 heterocycles. The maximum Gasteiger partial charge on any atom is 0.278 e. The monoisotopic (exact) mass is 361 g/mol. The van der Waals surface area contributed by atoms with Gasteiger partial charge in [0.25, 0.3) is 9.68 Å². The van der Waals surface area contributed by atoms with Crippen molar-refractivity contribution < 1.29 is 9.32 Å². The fourth-order valence-electron chi connectivity index (χ4n) is 1.81. The number of halogens is 3. The van der Waals surface area contributed by atoms with Crippen molar-refractivity contribution in [3.05, 3.63) is 47.6 Å². The van der Waals surface area contributed by atoms with Crippen LogP contribution in [0, 0.1) is 0 Å². The topological polar surface area (TPSA) is 68.0 Å². The van der Waals surface area contributed by atoms with E-state index in [2.05, 4.69) is 15.5 Å². The highest BCUT2D eigenvalue weighted by Gasteiger charge is 2.30. The Balaban J connectivity index is 1.83. The standard InChI is InChI=1S/C14H14Cl3N3O2/c1-9(10-5-3-2-4-6-10)12(21)18-8-7-11-19-13(22-20-11)14(15,16)17/h2-6,9H,7-8H2,1H3,(H,18,21). The van der Waals surface area contributed by atoms with Gasteiger partial charge in [0.05, 0.1) is 5.92 Å². The molecule has 0 bridgehead atoms. The summed E-state index contributed by atoms with van der Waals surface area (Å²) in [4.78, 5) is 16.0. The third kappa shape index (κ3) is 4.60. The summed E-state index contributed by atoms with van der Waals surface area (Å²) in [6.07, 6.45) is 0.386. The first kappa shape index (κ1) is 17.1. The molecule has 0 aliphatic heterocycles. The van der Waals surface area contributed by atoms with Gasteiger partial charge in [-0.1, -0.05) is 70.3 Å². The molecule has 1 amide bonds. The van der Waals surface area contributed by atoms with Crippen LogP contribution >= 0.6 is 34.8 Å². The van der Waals surface area contributed by atoms with Gasteiger partial charge in [-0.2, -0.15) is 4.98 Å². The molecule has 0 saturated carbocycles. The average Bonchev–Trinajstić information content (AvgIpc) is 2.96. The zero-order chi connectivity index (χ0) is 16.2. The number of hydrogen-bond acceptors (Lipinski definition) is 4. The normalized spacial score (nSPS) is 12.9. The van der Waals surface area contributed by atoms with Crippen LogP contribution in [-0.4, -0.2) is 22.6 Å². The van der Waals surface area contributed by atoms with E-state index in [9.17, 15) is 4.79 Å². The smallest absolute Gasteiger partial charge is 0.278 e. The summed E-state index contributed by atoms with van der Waals surface area (Å²) in [6, 6.07) is 9.54. The SMILES string of the molecule is CC(C(=O)NCCc1noc(C(Cl)(Cl)Cl)n1)c1ccccc1. The van der Waals surface area contributed by atoms with Gasteiger partial charge in [0, 0.05) is 13.0 Å². The second kappa shape index (κ2) is 7.31. The highest BCUT2D eigenvalue weighted by atomic mass is 35.6. The van der Waals surface area contributed by atoms with E-state index >= 15 is 0 Å². The molecule has 1 unspecified atom stereocenters. The van der Waals surface area contributed by atoms with Crippen LogP contribution in [0.2, 0.25) is 0 Å². The van der Waals surface area contributed by atoms with Gasteiger partial charge in [-0.15, -0.1) is 0 Å². The molecule has 5 nitrogen and oxygen atoms in total. The molecule has 1 atom stereocenters. The Morgan fingerprint density at radius 3 is 2.59 bits per heavy atom. The second-order valence-corrected chi connectivity index (χ2v) is 6.97. The summed E-state index contributed by atoms with van der Waals surface area (Å²) in [5.74, 6) is -0.0232. The van der Waals surface area contributed by atoms with Crippen LogP contribution in [0.4, 0.5) is 0 Å². The molecule has 118 valence electrons. The van der Waals surface area contributed by atoms with Gasteiger partial charge in [-0.05, 0) is 12.5 Å². The van der Waals surface area contributed by atoms with Gasteiger partial charge < -0.3 is 9.84 Å². The lowest BCUT2D eigenvalue weighted by Gasteiger charge is -2.11. The molecule has 1 N–H and O–H groups in total. The number of alkyl halides is 3. The summed E-state index contributed by atoms with van der Waals surface area (Å²) in [5, 5.41) is 6.51. The van der Waals surface area contributed by atoms with Gasteiger partial charge >= 0.3 is 0 Å². The molecule has 1 aromatic carbocycles. The molecular formula is C14H14Cl3N3O2. The third-order valence-corrected chi connectivity index (χ3v) is 3.54. The first-order valence-electron chi connectivity index (χ1n) is 6.60. The minimum atomic E-state index is -1.74. The molecule has 0 fully saturated rings. The predicted octanol–water partition coefficient (Wildman–Crippen LogP) is 3.36. The Labute approximate surface area is 142 Å². The fourth-order valence-corrected chi connectivity index (χ4v) is 2.04. The Morgan fingerprint density at radius 2 is 2.00 bits per heavy atom. The third-order valence-electron chi connectivity index (χ3n) is 3.05. The number of aromatic nitrogens is 2. The van der Waals surface area contributed by atoms with Crippen molar-refractivity contribution in [3.8, 4) is 0 Å². The molecule has 0 spiro atoms. The van der Waals surface area contributed by atoms with Crippen molar-refractivity contribution in [1.82, 2.24) is 15.5 Å². The van der Waals surface area contributed by atoms with Crippen LogP contribution in [0.1, 0.15) is 30.1 Å². The molecule has 8 heteroatoms. The minimum absolute atomic E-state index is 0.0729. The number of nitrogens with one attached hydrogen (secondary N) is 1. The van der Waals surface area contributed by atoms with Gasteiger partial charge in [-0.3, -0.25) is 4.79 Å². The largest absolute Gasteiger partial charge is 0.355 e. The predicted molar refractivity (Wildman–Crippen MR) is 85.1 cm³/mol. The van der Waals surface area contributed by atoms with E-state index in [1.807, 2.05) is 37.3 Å². The lowest BCUT2D eigenvalue weighted by molar-refractivity contribution is -0.122. The summed E-state index contributed by atoms with van der Waals surface area (Å²) < 4.78 is 3.09. The van der Waals surface area contributed by atoms with E-state index in [4.69, 9.17) is 39.3 Å². The van der Waals surface area contributed by atoms with Crippen molar-refractivity contribution >= 4 is 40.7 Å². The number of carbonyl (C=O) groups excluding carboxylic acids is 1. The molecule has 1 aromatic heterocycles. The number of benzene rings is 1. The summed E-state index contributed by atoms with van der Waals surface area (Å²) in [6.45, 7) is 2.22. The highest BCUT2D eigenvalue weighted by molar-refractivity contribution is 6.66. The van der Waals surface area contributed by atoms with E-state index in [0.29, 0.717) is 18.8 Å². The van der Waals surface area contributed by atoms with E-state index in [1.165, 1.54) is 0 Å². The van der Waals surface area contributed by atoms with Crippen LogP contribution in [0.3, 0.4) is 0 Å². The molecule has 0 radical (unpaired) electrons. The van der Waals surface area contributed by atoms with Crippen LogP contribution < -0.4 is 5.32 Å². The number of carbonyl (C=O) groups is 1. The zero-order valence-electron chi connectivity index (χ0n) is 11.7. The first-order valence-corrected chi connectivity index (χ1v) is 7.73. The van der Waals surface area contributed by atoms with Gasteiger partial charge in [0.2, 0.25) is 5.91 Å². The van der Waals surface area contributed by atoms with Gasteiger partial charge in [0.1, 0.15) is 0 Å². The number of rotatable bonds is 5. The Hall–Kier alpha value is -1.30. The minimum Gasteiger partial charge on any atom is -0.355 e. The summed E-state index contributed by atoms with van der Waals surface area (Å²) in [7, 11) is 0. The van der Waals surface area contributed by atoms with Crippen LogP contribution in [0.5, 0.6) is 0 Å². The molecule has 2 aromatic rings. The second-order valence-electron chi connectivity index (χ2n) is 4.69. The van der Waals surface area contributed by atoms with Gasteiger partial charge in [-0.25, -0.2) is 0 Å². The van der Waals surface area contributed by atoms with Crippen molar-refractivity contribution in [1.29, 1.82) is 0 Å². The molecule has 2 rings (SSSR count). The fraction of sp³-hybridized carbons (Fsp3) is 0.357. The molecular weight excluding hydrogens is 349 g/mol. The maximum absolute atomic E-state index is 12.1. The van der Waals surface area contributed by atoms with Crippen LogP contribution in [0.15, 0.2) is 34.9 Å². The van der Waals surface area contributed by atoms with E-state index in [1.54, 1.807) is 0 Å². The van der Waals surface area contributed by atoms with E-state index in [0.717, 1.165) is 5.56 Å². The van der Waals surface area contributed by atoms with E-state index < -0.39 is 3.79 Å². The lowest BCUT2D eigenvalue weighted by Crippen LogP contribution is -2.30. The average molecular weight is 363 g/mol. The van der Waals surface area contributed by atoms with Crippen LogP contribution in [0.25, 0.3) is 0 Å². The van der Waals surface area contributed by atoms with Crippen molar-refractivity contribution in [2.75, 3.05) is 6.54 Å². The number of hydrogen-bond donors (Lipinski definition) is 1. The molecule has 0 saturated heterocycles. The number of amides is 1. The quantitative estimate of drug-likeness (QED) is 0.828. The zero-order valence-corrected chi connectivity index (χ0v) is 14.0.